The molecule has 0 aliphatic carbocycles. The summed E-state index contributed by atoms with van der Waals surface area (Å²) in [7, 11) is 0. The third-order valence-corrected chi connectivity index (χ3v) is 3.08. The highest BCUT2D eigenvalue weighted by molar-refractivity contribution is 6.19. The summed E-state index contributed by atoms with van der Waals surface area (Å²) in [6.07, 6.45) is 0. The van der Waals surface area contributed by atoms with Crippen molar-refractivity contribution in [2.24, 2.45) is 5.10 Å². The van der Waals surface area contributed by atoms with Crippen molar-refractivity contribution in [2.75, 3.05) is 5.01 Å². The maximum Gasteiger partial charge on any atom is 0.577 e. The van der Waals surface area contributed by atoms with Gasteiger partial charge in [0.05, 0.1) is 10.6 Å². The number of nitrogens with zero attached hydrogens (tertiary/aromatic N) is 5. The molecule has 0 atom stereocenters. The lowest BCUT2D eigenvalue weighted by Crippen LogP contribution is -2.58. The smallest absolute Gasteiger partial charge is 0.258 e. The van der Waals surface area contributed by atoms with Gasteiger partial charge in [-0.1, -0.05) is 0 Å². The number of carbonyl (C=O) groups excluding carboxylic acids is 1. The number of benzene rings is 1. The fourth-order valence-corrected chi connectivity index (χ4v) is 1.95. The Labute approximate surface area is 121 Å². The zero-order valence-corrected chi connectivity index (χ0v) is 10.9. The Morgan fingerprint density at radius 1 is 1.05 bits per heavy atom. The van der Waals surface area contributed by atoms with Gasteiger partial charge in [-0.25, -0.2) is 0 Å². The van der Waals surface area contributed by atoms with Crippen LogP contribution in [0.15, 0.2) is 29.4 Å². The van der Waals surface area contributed by atoms with Gasteiger partial charge in [-0.15, -0.1) is 0 Å². The van der Waals surface area contributed by atoms with Crippen molar-refractivity contribution in [1.82, 2.24) is 0 Å². The van der Waals surface area contributed by atoms with Gasteiger partial charge in [0.25, 0.3) is 5.69 Å². The van der Waals surface area contributed by atoms with Crippen LogP contribution in [-0.4, -0.2) is 32.1 Å². The van der Waals surface area contributed by atoms with Crippen LogP contribution in [-0.2, 0) is 4.79 Å². The fraction of sp³-hybridized carbons (Fsp3) is 0.200. The van der Waals surface area contributed by atoms with E-state index in [1.807, 2.05) is 0 Å². The van der Waals surface area contributed by atoms with Crippen LogP contribution in [0.4, 0.5) is 11.4 Å². The van der Waals surface area contributed by atoms with Crippen LogP contribution in [0.1, 0.15) is 6.92 Å². The second kappa shape index (κ2) is 4.83. The average Bonchev–Trinajstić information content (AvgIpc) is 2.71. The molecule has 0 spiro atoms. The van der Waals surface area contributed by atoms with E-state index in [-0.39, 0.29) is 11.4 Å². The SMILES string of the molecule is CC1=NN(c2ccc([N+](=O)[O-])cc2)C(=O)C1([N+](=O)[O-])[N+](=O)[O-]. The second-order valence-electron chi connectivity index (χ2n) is 4.26. The van der Waals surface area contributed by atoms with E-state index >= 15 is 0 Å². The highest BCUT2D eigenvalue weighted by Crippen LogP contribution is 2.30. The molecule has 0 fully saturated rings. The minimum absolute atomic E-state index is 0.0551. The molecule has 0 unspecified atom stereocenters. The summed E-state index contributed by atoms with van der Waals surface area (Å²) in [4.78, 5) is 41.5. The van der Waals surface area contributed by atoms with Crippen LogP contribution >= 0.6 is 0 Å². The number of nitro benzene ring substituents is 1. The topological polar surface area (TPSA) is 162 Å². The summed E-state index contributed by atoms with van der Waals surface area (Å²) < 4.78 is 0. The molecule has 12 nitrogen and oxygen atoms in total. The van der Waals surface area contributed by atoms with Crippen molar-refractivity contribution in [3.63, 3.8) is 0 Å². The first kappa shape index (κ1) is 15.0. The Bertz CT molecular complexity index is 712. The molecule has 0 N–H and O–H groups in total. The third kappa shape index (κ3) is 1.85. The summed E-state index contributed by atoms with van der Waals surface area (Å²) in [5.74, 6) is -1.46. The van der Waals surface area contributed by atoms with Crippen LogP contribution in [0.2, 0.25) is 0 Å². The summed E-state index contributed by atoms with van der Waals surface area (Å²) in [5.41, 5.74) is -4.11. The van der Waals surface area contributed by atoms with E-state index in [4.69, 9.17) is 0 Å². The van der Waals surface area contributed by atoms with Crippen LogP contribution in [0.25, 0.3) is 0 Å². The van der Waals surface area contributed by atoms with Crippen molar-refractivity contribution in [3.8, 4) is 0 Å². The Balaban J connectivity index is 2.48. The van der Waals surface area contributed by atoms with E-state index in [2.05, 4.69) is 5.10 Å². The Morgan fingerprint density at radius 3 is 1.91 bits per heavy atom. The van der Waals surface area contributed by atoms with E-state index < -0.39 is 32.1 Å². The lowest BCUT2D eigenvalue weighted by atomic mass is 10.1. The number of hydrogen-bond donors (Lipinski definition) is 0. The van der Waals surface area contributed by atoms with E-state index in [0.717, 1.165) is 31.2 Å². The number of hydrogen-bond acceptors (Lipinski definition) is 8. The second-order valence-corrected chi connectivity index (χ2v) is 4.26. The Morgan fingerprint density at radius 2 is 1.55 bits per heavy atom. The van der Waals surface area contributed by atoms with Gasteiger partial charge in [0.15, 0.2) is 5.71 Å². The molecule has 0 radical (unpaired) electrons. The van der Waals surface area contributed by atoms with E-state index in [1.165, 1.54) is 0 Å². The van der Waals surface area contributed by atoms with Crippen molar-refractivity contribution < 1.29 is 19.6 Å². The lowest BCUT2D eigenvalue weighted by Gasteiger charge is -2.13. The van der Waals surface area contributed by atoms with Gasteiger partial charge < -0.3 is 0 Å². The highest BCUT2D eigenvalue weighted by Gasteiger charge is 2.73. The number of amides is 1. The summed E-state index contributed by atoms with van der Waals surface area (Å²) in [6.45, 7) is 0.995. The van der Waals surface area contributed by atoms with Gasteiger partial charge in [0.2, 0.25) is 0 Å². The molecule has 1 heterocycles. The van der Waals surface area contributed by atoms with Gasteiger partial charge in [0, 0.05) is 12.1 Å². The number of non-ortho nitro benzene ring substituents is 1. The number of carbonyl (C=O) groups is 1. The molecule has 2 rings (SSSR count). The molecule has 12 heteroatoms. The largest absolute Gasteiger partial charge is 0.577 e. The zero-order chi connectivity index (χ0) is 16.7. The zero-order valence-electron chi connectivity index (χ0n) is 10.9. The molecule has 1 amide bonds. The Kier molecular flexibility index (Phi) is 3.29. The van der Waals surface area contributed by atoms with Crippen molar-refractivity contribution in [3.05, 3.63) is 54.6 Å². The number of rotatable bonds is 4. The predicted molar refractivity (Wildman–Crippen MR) is 70.4 cm³/mol. The van der Waals surface area contributed by atoms with E-state index in [1.54, 1.807) is 0 Å². The first-order valence-corrected chi connectivity index (χ1v) is 5.66. The van der Waals surface area contributed by atoms with Gasteiger partial charge in [-0.05, 0) is 19.1 Å². The molecule has 1 aromatic carbocycles. The van der Waals surface area contributed by atoms with Gasteiger partial charge in [-0.3, -0.25) is 35.1 Å². The van der Waals surface area contributed by atoms with Crippen LogP contribution in [0.5, 0.6) is 0 Å². The van der Waals surface area contributed by atoms with Gasteiger partial charge >= 0.3 is 11.6 Å². The Hall–Kier alpha value is -3.44. The first-order chi connectivity index (χ1) is 10.2. The number of hydrazone groups is 1. The minimum atomic E-state index is -3.18. The molecule has 0 aromatic heterocycles. The maximum absolute atomic E-state index is 12.1. The predicted octanol–water partition coefficient (Wildman–Crippen LogP) is 0.567. The molecule has 22 heavy (non-hydrogen) atoms. The molecular formula is C10H7N5O7. The van der Waals surface area contributed by atoms with E-state index in [0.29, 0.717) is 5.01 Å². The van der Waals surface area contributed by atoms with Gasteiger partial charge in [-0.2, -0.15) is 10.1 Å². The molecule has 1 aliphatic rings. The summed E-state index contributed by atoms with van der Waals surface area (Å²) >= 11 is 0. The normalized spacial score (nSPS) is 16.3. The first-order valence-electron chi connectivity index (χ1n) is 5.66. The van der Waals surface area contributed by atoms with Crippen LogP contribution in [0, 0.1) is 30.3 Å². The molecular weight excluding hydrogens is 302 g/mol. The quantitative estimate of drug-likeness (QED) is 0.445. The van der Waals surface area contributed by atoms with Crippen molar-refractivity contribution in [2.45, 2.75) is 12.6 Å². The summed E-state index contributed by atoms with van der Waals surface area (Å²) in [6, 6.07) is 4.32. The number of anilines is 1. The third-order valence-electron chi connectivity index (χ3n) is 3.08. The van der Waals surface area contributed by atoms with Crippen LogP contribution in [0.3, 0.4) is 0 Å². The molecule has 0 saturated carbocycles. The van der Waals surface area contributed by atoms with Crippen molar-refractivity contribution >= 4 is 23.0 Å². The molecule has 0 saturated heterocycles. The molecule has 1 aliphatic heterocycles. The highest BCUT2D eigenvalue weighted by atomic mass is 16.7. The molecule has 114 valence electrons. The fourth-order valence-electron chi connectivity index (χ4n) is 1.95. The summed E-state index contributed by atoms with van der Waals surface area (Å²) in [5, 5.41) is 36.7. The molecule has 1 aromatic rings. The maximum atomic E-state index is 12.1. The monoisotopic (exact) mass is 309 g/mol. The molecule has 0 bridgehead atoms. The standard InChI is InChI=1S/C10H7N5O7/c1-6-10(14(19)20,15(21)22)9(16)12(11-6)7-2-4-8(5-3-7)13(17)18/h2-5H,1H3. The number of nitro groups is 3. The van der Waals surface area contributed by atoms with Gasteiger partial charge in [0.1, 0.15) is 9.85 Å². The minimum Gasteiger partial charge on any atom is -0.258 e. The van der Waals surface area contributed by atoms with Crippen molar-refractivity contribution in [1.29, 1.82) is 0 Å². The average molecular weight is 309 g/mol. The van der Waals surface area contributed by atoms with E-state index in [9.17, 15) is 35.1 Å². The van der Waals surface area contributed by atoms with Crippen LogP contribution < -0.4 is 5.01 Å². The lowest BCUT2D eigenvalue weighted by molar-refractivity contribution is -0.750.